The average Bonchev–Trinajstić information content (AvgIpc) is 3.45. The zero-order chi connectivity index (χ0) is 32.5. The number of hydrogen-bond donors (Lipinski definition) is 1. The van der Waals surface area contributed by atoms with E-state index in [1.807, 2.05) is 69.3 Å². The molecule has 6 heterocycles. The zero-order valence-corrected chi connectivity index (χ0v) is 26.7. The van der Waals surface area contributed by atoms with Crippen molar-refractivity contribution in [1.82, 2.24) is 29.5 Å². The lowest BCUT2D eigenvalue weighted by atomic mass is 10.2. The molecule has 4 aromatic heterocycles. The zero-order valence-electron chi connectivity index (χ0n) is 26.7. The standard InChI is InChI=1S/C34H37N9O4/c1-34(2,3)47-33(45)42-16-14-41(15-17-42)28-11-9-24(22-35-28)29-30(39-32(44)26-10-8-23-6-4-5-7-25(23)37-26)38-31-27(12-13-36-43(29)31)40-18-20-46-21-19-40/h4-13,22H,14-21H2,1-3H3,(H,39,44). The number of aromatic nitrogens is 5. The third-order valence-electron chi connectivity index (χ3n) is 8.19. The summed E-state index contributed by atoms with van der Waals surface area (Å²) in [5, 5.41) is 8.63. The Balaban J connectivity index is 1.18. The van der Waals surface area contributed by atoms with Crippen molar-refractivity contribution in [2.24, 2.45) is 0 Å². The molecule has 13 nitrogen and oxygen atoms in total. The number of pyridine rings is 2. The average molecular weight is 636 g/mol. The minimum absolute atomic E-state index is 0.284. The Bertz CT molecular complexity index is 1920. The van der Waals surface area contributed by atoms with E-state index in [2.05, 4.69) is 25.2 Å². The van der Waals surface area contributed by atoms with E-state index in [0.717, 1.165) is 41.1 Å². The van der Waals surface area contributed by atoms with Gasteiger partial charge in [0.2, 0.25) is 0 Å². The van der Waals surface area contributed by atoms with Crippen molar-refractivity contribution < 1.29 is 19.1 Å². The summed E-state index contributed by atoms with van der Waals surface area (Å²) in [6.07, 6.45) is 3.21. The minimum atomic E-state index is -0.536. The van der Waals surface area contributed by atoms with E-state index in [1.54, 1.807) is 27.9 Å². The maximum Gasteiger partial charge on any atom is 0.410 e. The summed E-state index contributed by atoms with van der Waals surface area (Å²) >= 11 is 0. The lowest BCUT2D eigenvalue weighted by Crippen LogP contribution is -2.50. The maximum atomic E-state index is 13.6. The highest BCUT2D eigenvalue weighted by Crippen LogP contribution is 2.33. The van der Waals surface area contributed by atoms with E-state index in [4.69, 9.17) is 19.4 Å². The second-order valence-corrected chi connectivity index (χ2v) is 12.6. The topological polar surface area (TPSA) is 130 Å². The van der Waals surface area contributed by atoms with Gasteiger partial charge in [0.15, 0.2) is 11.5 Å². The Labute approximate surface area is 272 Å². The number of carbonyl (C=O) groups is 2. The molecule has 2 saturated heterocycles. The van der Waals surface area contributed by atoms with Gasteiger partial charge in [0, 0.05) is 56.4 Å². The predicted octanol–water partition coefficient (Wildman–Crippen LogP) is 4.49. The number of amides is 2. The molecule has 7 rings (SSSR count). The third kappa shape index (κ3) is 6.39. The number of carbonyl (C=O) groups excluding carboxylic acids is 2. The smallest absolute Gasteiger partial charge is 0.410 e. The SMILES string of the molecule is CC(C)(C)OC(=O)N1CCN(c2ccc(-c3c(NC(=O)c4ccc5ccccc5n4)nc4c(N5CCOCC5)ccnn34)cn2)CC1. The predicted molar refractivity (Wildman–Crippen MR) is 179 cm³/mol. The summed E-state index contributed by atoms with van der Waals surface area (Å²) < 4.78 is 12.9. The first kappa shape index (κ1) is 30.4. The molecule has 1 N–H and O–H groups in total. The second kappa shape index (κ2) is 12.5. The summed E-state index contributed by atoms with van der Waals surface area (Å²) in [7, 11) is 0. The highest BCUT2D eigenvalue weighted by atomic mass is 16.6. The van der Waals surface area contributed by atoms with E-state index in [9.17, 15) is 9.59 Å². The number of rotatable bonds is 5. The summed E-state index contributed by atoms with van der Waals surface area (Å²) in [5.41, 5.74) is 3.35. The fourth-order valence-corrected chi connectivity index (χ4v) is 5.85. The molecule has 0 unspecified atom stereocenters. The minimum Gasteiger partial charge on any atom is -0.444 e. The molecular formula is C34H37N9O4. The van der Waals surface area contributed by atoms with Crippen LogP contribution >= 0.6 is 0 Å². The summed E-state index contributed by atoms with van der Waals surface area (Å²) in [6.45, 7) is 10.6. The van der Waals surface area contributed by atoms with E-state index >= 15 is 0 Å². The summed E-state index contributed by atoms with van der Waals surface area (Å²) in [4.78, 5) is 46.5. The first-order valence-corrected chi connectivity index (χ1v) is 15.8. The number of para-hydroxylation sites is 1. The number of morpholine rings is 1. The van der Waals surface area contributed by atoms with Gasteiger partial charge in [-0.1, -0.05) is 24.3 Å². The van der Waals surface area contributed by atoms with Crippen LogP contribution in [0.15, 0.2) is 67.0 Å². The van der Waals surface area contributed by atoms with Crippen LogP contribution < -0.4 is 15.1 Å². The van der Waals surface area contributed by atoms with Crippen molar-refractivity contribution in [3.63, 3.8) is 0 Å². The number of anilines is 3. The first-order valence-electron chi connectivity index (χ1n) is 15.8. The Hall–Kier alpha value is -5.30. The van der Waals surface area contributed by atoms with Crippen LogP contribution in [0, 0.1) is 0 Å². The summed E-state index contributed by atoms with van der Waals surface area (Å²) in [6, 6.07) is 17.1. The number of nitrogens with zero attached hydrogens (tertiary/aromatic N) is 8. The highest BCUT2D eigenvalue weighted by Gasteiger charge is 2.27. The molecule has 0 bridgehead atoms. The van der Waals surface area contributed by atoms with Crippen LogP contribution in [0.25, 0.3) is 27.8 Å². The van der Waals surface area contributed by atoms with Gasteiger partial charge in [0.1, 0.15) is 22.8 Å². The van der Waals surface area contributed by atoms with Crippen molar-refractivity contribution in [3.05, 3.63) is 72.7 Å². The van der Waals surface area contributed by atoms with Gasteiger partial charge in [-0.3, -0.25) is 4.79 Å². The molecule has 47 heavy (non-hydrogen) atoms. The van der Waals surface area contributed by atoms with E-state index < -0.39 is 5.60 Å². The lowest BCUT2D eigenvalue weighted by Gasteiger charge is -2.36. The van der Waals surface area contributed by atoms with Crippen molar-refractivity contribution in [3.8, 4) is 11.3 Å². The normalized spacial score (nSPS) is 15.7. The van der Waals surface area contributed by atoms with Crippen molar-refractivity contribution >= 4 is 45.9 Å². The molecule has 1 aromatic carbocycles. The molecule has 0 atom stereocenters. The largest absolute Gasteiger partial charge is 0.444 e. The van der Waals surface area contributed by atoms with E-state index in [-0.39, 0.29) is 17.7 Å². The third-order valence-corrected chi connectivity index (χ3v) is 8.19. The fraction of sp³-hybridized carbons (Fsp3) is 0.353. The monoisotopic (exact) mass is 635 g/mol. The van der Waals surface area contributed by atoms with Crippen LogP contribution in [0.4, 0.5) is 22.1 Å². The number of piperazine rings is 1. The van der Waals surface area contributed by atoms with Gasteiger partial charge in [0.25, 0.3) is 5.91 Å². The molecule has 2 aliphatic rings. The molecule has 0 spiro atoms. The molecule has 2 aliphatic heterocycles. The van der Waals surface area contributed by atoms with Gasteiger partial charge >= 0.3 is 6.09 Å². The van der Waals surface area contributed by atoms with Crippen LogP contribution in [0.1, 0.15) is 31.3 Å². The quantitative estimate of drug-likeness (QED) is 0.295. The molecule has 13 heteroatoms. The molecule has 2 fully saturated rings. The van der Waals surface area contributed by atoms with Gasteiger partial charge in [-0.05, 0) is 51.1 Å². The Morgan fingerprint density at radius 2 is 1.66 bits per heavy atom. The summed E-state index contributed by atoms with van der Waals surface area (Å²) in [5.74, 6) is 0.777. The number of imidazole rings is 1. The van der Waals surface area contributed by atoms with Crippen molar-refractivity contribution in [1.29, 1.82) is 0 Å². The Kier molecular flexibility index (Phi) is 8.06. The number of nitrogens with one attached hydrogen (secondary N) is 1. The number of benzene rings is 1. The maximum absolute atomic E-state index is 13.6. The van der Waals surface area contributed by atoms with Gasteiger partial charge < -0.3 is 29.5 Å². The van der Waals surface area contributed by atoms with E-state index in [1.165, 1.54) is 0 Å². The van der Waals surface area contributed by atoms with Crippen LogP contribution in [-0.4, -0.2) is 99.5 Å². The molecule has 5 aromatic rings. The highest BCUT2D eigenvalue weighted by molar-refractivity contribution is 6.05. The van der Waals surface area contributed by atoms with E-state index in [0.29, 0.717) is 56.6 Å². The number of ether oxygens (including phenoxy) is 2. The number of hydrogen-bond acceptors (Lipinski definition) is 10. The molecule has 0 radical (unpaired) electrons. The molecular weight excluding hydrogens is 598 g/mol. The first-order chi connectivity index (χ1) is 22.7. The van der Waals surface area contributed by atoms with Gasteiger partial charge in [-0.15, -0.1) is 0 Å². The molecule has 0 saturated carbocycles. The molecule has 242 valence electrons. The van der Waals surface area contributed by atoms with Crippen molar-refractivity contribution in [2.75, 3.05) is 67.6 Å². The number of fused-ring (bicyclic) bond motifs is 2. The van der Waals surface area contributed by atoms with Crippen LogP contribution in [0.2, 0.25) is 0 Å². The fourth-order valence-electron chi connectivity index (χ4n) is 5.85. The van der Waals surface area contributed by atoms with Crippen LogP contribution in [0.3, 0.4) is 0 Å². The lowest BCUT2D eigenvalue weighted by molar-refractivity contribution is 0.0240. The molecule has 0 aliphatic carbocycles. The molecule has 2 amide bonds. The Morgan fingerprint density at radius 3 is 2.40 bits per heavy atom. The van der Waals surface area contributed by atoms with Crippen LogP contribution in [-0.2, 0) is 9.47 Å². The van der Waals surface area contributed by atoms with Crippen LogP contribution in [0.5, 0.6) is 0 Å². The van der Waals surface area contributed by atoms with Crippen molar-refractivity contribution in [2.45, 2.75) is 26.4 Å². The Morgan fingerprint density at radius 1 is 0.872 bits per heavy atom. The second-order valence-electron chi connectivity index (χ2n) is 12.6. The van der Waals surface area contributed by atoms with Gasteiger partial charge in [0.05, 0.1) is 30.6 Å². The van der Waals surface area contributed by atoms with Gasteiger partial charge in [-0.25, -0.2) is 24.3 Å². The van der Waals surface area contributed by atoms with Gasteiger partial charge in [-0.2, -0.15) is 5.10 Å².